The number of nitrogens with one attached hydrogen (secondary N) is 1. The van der Waals surface area contributed by atoms with Crippen LogP contribution in [0, 0.1) is 5.82 Å². The van der Waals surface area contributed by atoms with Crippen LogP contribution in [0.2, 0.25) is 0 Å². The standard InChI is InChI=1S/C13H8FN3O2S/c14-8-4-9(6-15-5-8)17-12(18)11-7-16-13(20-11)10-2-1-3-19-10/h1-7H,(H,17,18). The highest BCUT2D eigenvalue weighted by Gasteiger charge is 2.13. The molecule has 0 atom stereocenters. The van der Waals surface area contributed by atoms with Crippen LogP contribution in [0.15, 0.2) is 47.5 Å². The van der Waals surface area contributed by atoms with Crippen molar-refractivity contribution in [2.75, 3.05) is 5.32 Å². The molecule has 3 aromatic heterocycles. The third-order valence-corrected chi connectivity index (χ3v) is 3.43. The summed E-state index contributed by atoms with van der Waals surface area (Å²) in [5.74, 6) is -0.280. The van der Waals surface area contributed by atoms with Crippen molar-refractivity contribution in [3.63, 3.8) is 0 Å². The molecule has 0 radical (unpaired) electrons. The van der Waals surface area contributed by atoms with Crippen molar-refractivity contribution in [3.05, 3.63) is 53.7 Å². The lowest BCUT2D eigenvalue weighted by atomic mass is 10.4. The maximum Gasteiger partial charge on any atom is 0.267 e. The highest BCUT2D eigenvalue weighted by atomic mass is 32.1. The van der Waals surface area contributed by atoms with Gasteiger partial charge in [0.1, 0.15) is 10.7 Å². The first-order chi connectivity index (χ1) is 9.72. The van der Waals surface area contributed by atoms with Crippen LogP contribution in [0.3, 0.4) is 0 Å². The van der Waals surface area contributed by atoms with E-state index in [1.807, 2.05) is 0 Å². The molecule has 3 rings (SSSR count). The number of nitrogens with zero attached hydrogens (tertiary/aromatic N) is 2. The quantitative estimate of drug-likeness (QED) is 0.804. The summed E-state index contributed by atoms with van der Waals surface area (Å²) in [6, 6.07) is 4.70. The topological polar surface area (TPSA) is 68.0 Å². The summed E-state index contributed by atoms with van der Waals surface area (Å²) in [6.45, 7) is 0. The molecular formula is C13H8FN3O2S. The Morgan fingerprint density at radius 1 is 1.35 bits per heavy atom. The smallest absolute Gasteiger partial charge is 0.267 e. The average molecular weight is 289 g/mol. The Kier molecular flexibility index (Phi) is 3.26. The maximum absolute atomic E-state index is 13.0. The number of furan rings is 1. The lowest BCUT2D eigenvalue weighted by molar-refractivity contribution is 0.103. The molecule has 0 spiro atoms. The molecule has 0 aromatic carbocycles. The van der Waals surface area contributed by atoms with E-state index in [1.54, 1.807) is 12.1 Å². The Hall–Kier alpha value is -2.54. The number of anilines is 1. The molecular weight excluding hydrogens is 281 g/mol. The van der Waals surface area contributed by atoms with Gasteiger partial charge in [0.2, 0.25) is 0 Å². The third-order valence-electron chi connectivity index (χ3n) is 2.42. The van der Waals surface area contributed by atoms with Crippen LogP contribution in [0.4, 0.5) is 10.1 Å². The fourth-order valence-corrected chi connectivity index (χ4v) is 2.35. The highest BCUT2D eigenvalue weighted by Crippen LogP contribution is 2.25. The lowest BCUT2D eigenvalue weighted by Crippen LogP contribution is -2.10. The minimum absolute atomic E-state index is 0.294. The molecule has 0 aliphatic carbocycles. The Morgan fingerprint density at radius 3 is 3.00 bits per heavy atom. The van der Waals surface area contributed by atoms with Gasteiger partial charge in [-0.25, -0.2) is 9.37 Å². The van der Waals surface area contributed by atoms with E-state index in [2.05, 4.69) is 15.3 Å². The van der Waals surface area contributed by atoms with E-state index in [9.17, 15) is 9.18 Å². The zero-order chi connectivity index (χ0) is 13.9. The number of amides is 1. The Morgan fingerprint density at radius 2 is 2.25 bits per heavy atom. The molecule has 3 aromatic rings. The lowest BCUT2D eigenvalue weighted by Gasteiger charge is -2.01. The van der Waals surface area contributed by atoms with Crippen molar-refractivity contribution in [2.45, 2.75) is 0 Å². The van der Waals surface area contributed by atoms with Gasteiger partial charge >= 0.3 is 0 Å². The molecule has 7 heteroatoms. The highest BCUT2D eigenvalue weighted by molar-refractivity contribution is 7.16. The molecule has 0 unspecified atom stereocenters. The van der Waals surface area contributed by atoms with E-state index >= 15 is 0 Å². The number of hydrogen-bond acceptors (Lipinski definition) is 5. The molecule has 100 valence electrons. The van der Waals surface area contributed by atoms with E-state index in [4.69, 9.17) is 4.42 Å². The first kappa shape index (κ1) is 12.5. The summed E-state index contributed by atoms with van der Waals surface area (Å²) in [6.07, 6.45) is 5.42. The summed E-state index contributed by atoms with van der Waals surface area (Å²) in [5.41, 5.74) is 0.294. The number of rotatable bonds is 3. The van der Waals surface area contributed by atoms with Crippen LogP contribution in [-0.2, 0) is 0 Å². The molecule has 3 heterocycles. The number of hydrogen-bond donors (Lipinski definition) is 1. The van der Waals surface area contributed by atoms with Crippen LogP contribution in [0.5, 0.6) is 0 Å². The molecule has 5 nitrogen and oxygen atoms in total. The van der Waals surface area contributed by atoms with Crippen LogP contribution in [0.1, 0.15) is 9.67 Å². The fraction of sp³-hybridized carbons (Fsp3) is 0. The van der Waals surface area contributed by atoms with Gasteiger partial charge < -0.3 is 9.73 Å². The van der Waals surface area contributed by atoms with E-state index in [0.717, 1.165) is 6.20 Å². The van der Waals surface area contributed by atoms with Crippen molar-refractivity contribution < 1.29 is 13.6 Å². The van der Waals surface area contributed by atoms with Gasteiger partial charge in [0.05, 0.1) is 30.5 Å². The molecule has 1 amide bonds. The summed E-state index contributed by atoms with van der Waals surface area (Å²) < 4.78 is 18.2. The zero-order valence-electron chi connectivity index (χ0n) is 10.0. The molecule has 0 saturated carbocycles. The first-order valence-corrected chi connectivity index (χ1v) is 6.45. The molecule has 0 bridgehead atoms. The van der Waals surface area contributed by atoms with E-state index < -0.39 is 5.82 Å². The monoisotopic (exact) mass is 289 g/mol. The van der Waals surface area contributed by atoms with Gasteiger partial charge in [-0.15, -0.1) is 11.3 Å². The number of thiazole rings is 1. The predicted octanol–water partition coefficient (Wildman–Crippen LogP) is 3.19. The number of carbonyl (C=O) groups is 1. The average Bonchev–Trinajstić information content (AvgIpc) is 3.10. The summed E-state index contributed by atoms with van der Waals surface area (Å²) in [5, 5.41) is 3.16. The normalized spacial score (nSPS) is 10.4. The maximum atomic E-state index is 13.0. The van der Waals surface area contributed by atoms with Crippen molar-refractivity contribution in [3.8, 4) is 10.8 Å². The molecule has 0 saturated heterocycles. The molecule has 0 aliphatic heterocycles. The van der Waals surface area contributed by atoms with E-state index in [0.29, 0.717) is 21.3 Å². The van der Waals surface area contributed by atoms with Crippen molar-refractivity contribution >= 4 is 22.9 Å². The number of aromatic nitrogens is 2. The molecule has 0 aliphatic rings. The van der Waals surface area contributed by atoms with Crippen LogP contribution in [-0.4, -0.2) is 15.9 Å². The number of carbonyl (C=O) groups excluding carboxylic acids is 1. The van der Waals surface area contributed by atoms with Crippen LogP contribution < -0.4 is 5.32 Å². The second-order valence-corrected chi connectivity index (χ2v) is 4.88. The van der Waals surface area contributed by atoms with E-state index in [1.165, 1.54) is 36.1 Å². The molecule has 20 heavy (non-hydrogen) atoms. The molecule has 1 N–H and O–H groups in total. The van der Waals surface area contributed by atoms with Gasteiger partial charge in [-0.3, -0.25) is 9.78 Å². The van der Waals surface area contributed by atoms with Crippen LogP contribution >= 0.6 is 11.3 Å². The third kappa shape index (κ3) is 2.57. The minimum Gasteiger partial charge on any atom is -0.462 e. The van der Waals surface area contributed by atoms with Gasteiger partial charge in [-0.1, -0.05) is 0 Å². The van der Waals surface area contributed by atoms with Gasteiger partial charge in [0.15, 0.2) is 10.8 Å². The summed E-state index contributed by atoms with van der Waals surface area (Å²) in [4.78, 5) is 20.2. The summed E-state index contributed by atoms with van der Waals surface area (Å²) in [7, 11) is 0. The fourth-order valence-electron chi connectivity index (χ4n) is 1.57. The van der Waals surface area contributed by atoms with Gasteiger partial charge in [0, 0.05) is 6.07 Å². The zero-order valence-corrected chi connectivity index (χ0v) is 10.9. The van der Waals surface area contributed by atoms with E-state index in [-0.39, 0.29) is 5.91 Å². The SMILES string of the molecule is O=C(Nc1cncc(F)c1)c1cnc(-c2ccco2)s1. The van der Waals surface area contributed by atoms with Gasteiger partial charge in [-0.2, -0.15) is 0 Å². The predicted molar refractivity (Wildman–Crippen MR) is 72.0 cm³/mol. The number of pyridine rings is 1. The second kappa shape index (κ2) is 5.22. The summed E-state index contributed by atoms with van der Waals surface area (Å²) >= 11 is 1.19. The largest absolute Gasteiger partial charge is 0.462 e. The minimum atomic E-state index is -0.511. The Labute approximate surface area is 117 Å². The Bertz CT molecular complexity index is 740. The van der Waals surface area contributed by atoms with Crippen molar-refractivity contribution in [1.29, 1.82) is 0 Å². The van der Waals surface area contributed by atoms with Gasteiger partial charge in [0.25, 0.3) is 5.91 Å². The van der Waals surface area contributed by atoms with Crippen LogP contribution in [0.25, 0.3) is 10.8 Å². The number of halogens is 1. The van der Waals surface area contributed by atoms with Crippen molar-refractivity contribution in [2.24, 2.45) is 0 Å². The Balaban J connectivity index is 1.78. The van der Waals surface area contributed by atoms with Crippen molar-refractivity contribution in [1.82, 2.24) is 9.97 Å². The second-order valence-electron chi connectivity index (χ2n) is 3.85. The van der Waals surface area contributed by atoms with Gasteiger partial charge in [-0.05, 0) is 12.1 Å². The first-order valence-electron chi connectivity index (χ1n) is 5.64. The molecule has 0 fully saturated rings.